The Hall–Kier alpha value is -3.59. The zero-order chi connectivity index (χ0) is 22.4. The second kappa shape index (κ2) is 9.94. The number of esters is 2. The standard InChI is InChI=1S/C22H19NO7S/c1-3-29-19(24)13-23-20(25)18(31-22(23)27)12-14-4-8-17(9-5-14)30-21(26)15-6-10-16(28-2)11-7-15/h4-12H,3,13H2,1-2H3/b18-12+. The summed E-state index contributed by atoms with van der Waals surface area (Å²) in [5, 5.41) is -0.533. The van der Waals surface area contributed by atoms with E-state index >= 15 is 0 Å². The molecule has 0 saturated carbocycles. The smallest absolute Gasteiger partial charge is 0.343 e. The highest BCUT2D eigenvalue weighted by Gasteiger charge is 2.36. The molecule has 0 aromatic heterocycles. The molecule has 0 atom stereocenters. The molecule has 0 N–H and O–H groups in total. The van der Waals surface area contributed by atoms with E-state index in [1.165, 1.54) is 13.2 Å². The van der Waals surface area contributed by atoms with Gasteiger partial charge in [-0.1, -0.05) is 12.1 Å². The maximum absolute atomic E-state index is 12.4. The Kier molecular flexibility index (Phi) is 7.09. The summed E-state index contributed by atoms with van der Waals surface area (Å²) in [5.74, 6) is -0.761. The number of benzene rings is 2. The summed E-state index contributed by atoms with van der Waals surface area (Å²) in [6.45, 7) is 1.39. The number of hydrogen-bond acceptors (Lipinski definition) is 8. The summed E-state index contributed by atoms with van der Waals surface area (Å²) in [4.78, 5) is 49.3. The van der Waals surface area contributed by atoms with Crippen molar-refractivity contribution >= 4 is 40.9 Å². The number of amides is 2. The molecule has 31 heavy (non-hydrogen) atoms. The molecule has 1 heterocycles. The Bertz CT molecular complexity index is 1030. The van der Waals surface area contributed by atoms with Gasteiger partial charge in [0.25, 0.3) is 11.1 Å². The van der Waals surface area contributed by atoms with Crippen LogP contribution in [-0.2, 0) is 14.3 Å². The summed E-state index contributed by atoms with van der Waals surface area (Å²) in [6.07, 6.45) is 1.53. The predicted octanol–water partition coefficient (Wildman–Crippen LogP) is 3.51. The molecule has 0 aliphatic carbocycles. The van der Waals surface area contributed by atoms with Gasteiger partial charge in [0.15, 0.2) is 0 Å². The largest absolute Gasteiger partial charge is 0.497 e. The molecule has 0 bridgehead atoms. The highest BCUT2D eigenvalue weighted by atomic mass is 32.2. The maximum atomic E-state index is 12.4. The lowest BCUT2D eigenvalue weighted by Crippen LogP contribution is -2.34. The van der Waals surface area contributed by atoms with Crippen molar-refractivity contribution in [1.29, 1.82) is 0 Å². The van der Waals surface area contributed by atoms with Gasteiger partial charge in [0, 0.05) is 0 Å². The fraction of sp³-hybridized carbons (Fsp3) is 0.182. The second-order valence-corrected chi connectivity index (χ2v) is 7.25. The quantitative estimate of drug-likeness (QED) is 0.366. The molecule has 8 nitrogen and oxygen atoms in total. The van der Waals surface area contributed by atoms with Gasteiger partial charge in [-0.15, -0.1) is 0 Å². The number of imide groups is 1. The number of hydrogen-bond donors (Lipinski definition) is 0. The molecule has 160 valence electrons. The molecule has 1 aliphatic rings. The van der Waals surface area contributed by atoms with Crippen LogP contribution < -0.4 is 9.47 Å². The third kappa shape index (κ3) is 5.52. The van der Waals surface area contributed by atoms with Gasteiger partial charge in [-0.2, -0.15) is 0 Å². The zero-order valence-corrected chi connectivity index (χ0v) is 17.6. The predicted molar refractivity (Wildman–Crippen MR) is 114 cm³/mol. The van der Waals surface area contributed by atoms with Crippen molar-refractivity contribution in [3.63, 3.8) is 0 Å². The molecular weight excluding hydrogens is 422 g/mol. The van der Waals surface area contributed by atoms with Crippen molar-refractivity contribution in [2.45, 2.75) is 6.92 Å². The van der Waals surface area contributed by atoms with Crippen LogP contribution in [0.25, 0.3) is 6.08 Å². The minimum atomic E-state index is -0.644. The van der Waals surface area contributed by atoms with Crippen LogP contribution in [0.1, 0.15) is 22.8 Å². The molecule has 0 unspecified atom stereocenters. The Balaban J connectivity index is 1.65. The van der Waals surface area contributed by atoms with Crippen molar-refractivity contribution in [1.82, 2.24) is 4.90 Å². The van der Waals surface area contributed by atoms with Gasteiger partial charge in [-0.3, -0.25) is 19.3 Å². The molecule has 2 aromatic carbocycles. The van der Waals surface area contributed by atoms with Gasteiger partial charge < -0.3 is 14.2 Å². The fourth-order valence-corrected chi connectivity index (χ4v) is 3.49. The molecule has 9 heteroatoms. The minimum absolute atomic E-state index is 0.167. The van der Waals surface area contributed by atoms with E-state index in [9.17, 15) is 19.2 Å². The minimum Gasteiger partial charge on any atom is -0.497 e. The number of nitrogens with zero attached hydrogens (tertiary/aromatic N) is 1. The molecule has 0 radical (unpaired) electrons. The number of thioether (sulfide) groups is 1. The van der Waals surface area contributed by atoms with Crippen LogP contribution in [0.4, 0.5) is 4.79 Å². The first-order valence-corrected chi connectivity index (χ1v) is 10.1. The molecule has 1 saturated heterocycles. The lowest BCUT2D eigenvalue weighted by molar-refractivity contribution is -0.145. The molecule has 3 rings (SSSR count). The van der Waals surface area contributed by atoms with Crippen molar-refractivity contribution in [2.75, 3.05) is 20.3 Å². The SMILES string of the molecule is CCOC(=O)CN1C(=O)S/C(=C/c2ccc(OC(=O)c3ccc(OC)cc3)cc2)C1=O. The number of rotatable bonds is 7. The van der Waals surface area contributed by atoms with E-state index in [0.29, 0.717) is 22.6 Å². The van der Waals surface area contributed by atoms with Gasteiger partial charge in [0.2, 0.25) is 0 Å². The van der Waals surface area contributed by atoms with Crippen molar-refractivity contribution in [2.24, 2.45) is 0 Å². The van der Waals surface area contributed by atoms with Crippen LogP contribution >= 0.6 is 11.8 Å². The average Bonchev–Trinajstić information content (AvgIpc) is 3.02. The van der Waals surface area contributed by atoms with Gasteiger partial charge in [-0.05, 0) is 66.7 Å². The van der Waals surface area contributed by atoms with E-state index in [-0.39, 0.29) is 11.5 Å². The van der Waals surface area contributed by atoms with Gasteiger partial charge >= 0.3 is 11.9 Å². The van der Waals surface area contributed by atoms with E-state index in [1.807, 2.05) is 0 Å². The normalized spacial score (nSPS) is 14.6. The van der Waals surface area contributed by atoms with Gasteiger partial charge in [-0.25, -0.2) is 4.79 Å². The lowest BCUT2D eigenvalue weighted by Gasteiger charge is -2.10. The van der Waals surface area contributed by atoms with E-state index in [4.69, 9.17) is 14.2 Å². The Labute approximate surface area is 182 Å². The monoisotopic (exact) mass is 441 g/mol. The third-order valence-corrected chi connectivity index (χ3v) is 5.09. The van der Waals surface area contributed by atoms with Crippen LogP contribution in [-0.4, -0.2) is 48.2 Å². The number of carbonyl (C=O) groups is 4. The van der Waals surface area contributed by atoms with E-state index in [1.54, 1.807) is 55.5 Å². The number of methoxy groups -OCH3 is 1. The van der Waals surface area contributed by atoms with E-state index in [2.05, 4.69) is 0 Å². The average molecular weight is 441 g/mol. The lowest BCUT2D eigenvalue weighted by atomic mass is 10.2. The van der Waals surface area contributed by atoms with Crippen molar-refractivity contribution in [3.05, 3.63) is 64.6 Å². The molecule has 1 aliphatic heterocycles. The topological polar surface area (TPSA) is 99.2 Å². The van der Waals surface area contributed by atoms with E-state index in [0.717, 1.165) is 16.7 Å². The summed E-state index contributed by atoms with van der Waals surface area (Å²) >= 11 is 0.747. The first kappa shape index (κ1) is 22.1. The highest BCUT2D eigenvalue weighted by molar-refractivity contribution is 8.18. The highest BCUT2D eigenvalue weighted by Crippen LogP contribution is 2.32. The molecule has 2 aromatic rings. The second-order valence-electron chi connectivity index (χ2n) is 6.26. The van der Waals surface area contributed by atoms with Crippen molar-refractivity contribution in [3.8, 4) is 11.5 Å². The molecule has 1 fully saturated rings. The Morgan fingerprint density at radius 1 is 1.00 bits per heavy atom. The number of carbonyl (C=O) groups excluding carboxylic acids is 4. The molecular formula is C22H19NO7S. The van der Waals surface area contributed by atoms with Crippen LogP contribution in [0.15, 0.2) is 53.4 Å². The zero-order valence-electron chi connectivity index (χ0n) is 16.8. The van der Waals surface area contributed by atoms with Crippen LogP contribution in [0.2, 0.25) is 0 Å². The Morgan fingerprint density at radius 3 is 2.26 bits per heavy atom. The summed E-state index contributed by atoms with van der Waals surface area (Å²) in [5.41, 5.74) is 1.01. The van der Waals surface area contributed by atoms with Gasteiger partial charge in [0.1, 0.15) is 18.0 Å². The fourth-order valence-electron chi connectivity index (χ4n) is 2.65. The summed E-state index contributed by atoms with van der Waals surface area (Å²) in [7, 11) is 1.54. The van der Waals surface area contributed by atoms with Crippen molar-refractivity contribution < 1.29 is 33.4 Å². The van der Waals surface area contributed by atoms with E-state index < -0.39 is 29.6 Å². The third-order valence-electron chi connectivity index (χ3n) is 4.18. The van der Waals surface area contributed by atoms with Crippen LogP contribution in [0, 0.1) is 0 Å². The maximum Gasteiger partial charge on any atom is 0.343 e. The first-order chi connectivity index (χ1) is 14.9. The summed E-state index contributed by atoms with van der Waals surface area (Å²) < 4.78 is 15.2. The molecule has 2 amide bonds. The first-order valence-electron chi connectivity index (χ1n) is 9.28. The van der Waals surface area contributed by atoms with Crippen LogP contribution in [0.3, 0.4) is 0 Å². The number of ether oxygens (including phenoxy) is 3. The Morgan fingerprint density at radius 2 is 1.65 bits per heavy atom. The molecule has 0 spiro atoms. The summed E-state index contributed by atoms with van der Waals surface area (Å²) in [6, 6.07) is 13.0. The van der Waals surface area contributed by atoms with Gasteiger partial charge in [0.05, 0.1) is 24.2 Å². The van der Waals surface area contributed by atoms with Crippen LogP contribution in [0.5, 0.6) is 11.5 Å².